The van der Waals surface area contributed by atoms with Gasteiger partial charge in [-0.1, -0.05) is 12.8 Å². The highest BCUT2D eigenvalue weighted by atomic mass is 16.5. The number of hydrogen-bond acceptors (Lipinski definition) is 6. The molecule has 6 heteroatoms. The van der Waals surface area contributed by atoms with Crippen LogP contribution in [0.4, 0.5) is 0 Å². The second-order valence-electron chi connectivity index (χ2n) is 6.31. The number of methoxy groups -OCH3 is 2. The molecule has 0 amide bonds. The number of esters is 2. The first-order chi connectivity index (χ1) is 11.2. The van der Waals surface area contributed by atoms with E-state index in [0.717, 1.165) is 19.3 Å². The van der Waals surface area contributed by atoms with Gasteiger partial charge < -0.3 is 13.9 Å². The Morgan fingerprint density at radius 2 is 2.04 bits per heavy atom. The average Bonchev–Trinajstić information content (AvgIpc) is 3.19. The smallest absolute Gasteiger partial charge is 0.341 e. The van der Waals surface area contributed by atoms with E-state index in [-0.39, 0.29) is 12.0 Å². The molecule has 3 rings (SSSR count). The van der Waals surface area contributed by atoms with Crippen molar-refractivity contribution in [3.63, 3.8) is 0 Å². The van der Waals surface area contributed by atoms with E-state index in [4.69, 9.17) is 13.9 Å². The Kier molecular flexibility index (Phi) is 4.71. The van der Waals surface area contributed by atoms with Gasteiger partial charge in [0.2, 0.25) is 0 Å². The molecule has 0 N–H and O–H groups in total. The van der Waals surface area contributed by atoms with Crippen molar-refractivity contribution in [3.05, 3.63) is 23.7 Å². The van der Waals surface area contributed by atoms with E-state index in [1.807, 2.05) is 0 Å². The van der Waals surface area contributed by atoms with Crippen molar-refractivity contribution in [2.75, 3.05) is 14.2 Å². The Labute approximate surface area is 135 Å². The van der Waals surface area contributed by atoms with Crippen molar-refractivity contribution >= 4 is 11.9 Å². The molecular formula is C17H23NO5. The number of furan rings is 1. The monoisotopic (exact) mass is 321 g/mol. The highest BCUT2D eigenvalue weighted by molar-refractivity contribution is 5.90. The van der Waals surface area contributed by atoms with Gasteiger partial charge in [-0.05, 0) is 31.2 Å². The molecule has 2 aliphatic rings. The predicted octanol–water partition coefficient (Wildman–Crippen LogP) is 2.37. The van der Waals surface area contributed by atoms with Gasteiger partial charge >= 0.3 is 11.9 Å². The first-order valence-corrected chi connectivity index (χ1v) is 8.14. The Morgan fingerprint density at radius 3 is 2.78 bits per heavy atom. The summed E-state index contributed by atoms with van der Waals surface area (Å²) in [5.74, 6) is 0.453. The third kappa shape index (κ3) is 3.00. The lowest BCUT2D eigenvalue weighted by Crippen LogP contribution is -2.42. The maximum atomic E-state index is 12.2. The number of hydrogen-bond donors (Lipinski definition) is 0. The van der Waals surface area contributed by atoms with Gasteiger partial charge in [-0.3, -0.25) is 9.69 Å². The average molecular weight is 321 g/mol. The number of nitrogens with zero attached hydrogens (tertiary/aromatic N) is 1. The summed E-state index contributed by atoms with van der Waals surface area (Å²) in [5.41, 5.74) is 0.426. The molecule has 23 heavy (non-hydrogen) atoms. The summed E-state index contributed by atoms with van der Waals surface area (Å²) in [4.78, 5) is 26.2. The largest absolute Gasteiger partial charge is 0.468 e. The molecule has 1 aliphatic carbocycles. The number of rotatable bonds is 4. The number of carbonyl (C=O) groups is 2. The van der Waals surface area contributed by atoms with E-state index in [9.17, 15) is 9.59 Å². The van der Waals surface area contributed by atoms with E-state index >= 15 is 0 Å². The Bertz CT molecular complexity index is 581. The van der Waals surface area contributed by atoms with Gasteiger partial charge in [0.25, 0.3) is 0 Å². The first kappa shape index (κ1) is 16.1. The van der Waals surface area contributed by atoms with E-state index < -0.39 is 5.97 Å². The van der Waals surface area contributed by atoms with Crippen molar-refractivity contribution in [2.24, 2.45) is 5.92 Å². The van der Waals surface area contributed by atoms with Crippen LogP contribution in [-0.2, 0) is 20.8 Å². The van der Waals surface area contributed by atoms with Gasteiger partial charge in [-0.2, -0.15) is 0 Å². The number of fused-ring (bicyclic) bond motifs is 1. The van der Waals surface area contributed by atoms with Crippen molar-refractivity contribution in [1.82, 2.24) is 4.90 Å². The van der Waals surface area contributed by atoms with Crippen LogP contribution in [0.1, 0.15) is 48.2 Å². The molecule has 1 aromatic rings. The standard InChI is InChI=1S/C17H23NO5/c1-21-16(19)12-7-8-23-15(12)10-18-13-6-4-3-5-11(13)9-14(18)17(20)22-2/h7-8,11,13-14H,3-6,9-10H2,1-2H3/t11-,13+,14-/m0/s1. The maximum Gasteiger partial charge on any atom is 0.341 e. The van der Waals surface area contributed by atoms with Gasteiger partial charge in [0.05, 0.1) is 27.0 Å². The van der Waals surface area contributed by atoms with Crippen molar-refractivity contribution < 1.29 is 23.5 Å². The summed E-state index contributed by atoms with van der Waals surface area (Å²) in [6.07, 6.45) is 6.93. The summed E-state index contributed by atoms with van der Waals surface area (Å²) < 4.78 is 15.3. The lowest BCUT2D eigenvalue weighted by molar-refractivity contribution is -0.146. The molecule has 2 fully saturated rings. The zero-order valence-corrected chi connectivity index (χ0v) is 13.6. The van der Waals surface area contributed by atoms with Crippen LogP contribution in [0.25, 0.3) is 0 Å². The second kappa shape index (κ2) is 6.74. The Morgan fingerprint density at radius 1 is 1.26 bits per heavy atom. The molecule has 1 saturated carbocycles. The fourth-order valence-electron chi connectivity index (χ4n) is 4.07. The van der Waals surface area contributed by atoms with Crippen LogP contribution in [0.3, 0.4) is 0 Å². The quantitative estimate of drug-likeness (QED) is 0.793. The van der Waals surface area contributed by atoms with E-state index in [1.165, 1.54) is 33.3 Å². The van der Waals surface area contributed by atoms with Crippen molar-refractivity contribution in [3.8, 4) is 0 Å². The third-order valence-corrected chi connectivity index (χ3v) is 5.17. The van der Waals surface area contributed by atoms with Crippen LogP contribution in [-0.4, -0.2) is 43.1 Å². The molecule has 1 aromatic heterocycles. The lowest BCUT2D eigenvalue weighted by Gasteiger charge is -2.32. The summed E-state index contributed by atoms with van der Waals surface area (Å²) in [6, 6.07) is 1.70. The second-order valence-corrected chi connectivity index (χ2v) is 6.31. The van der Waals surface area contributed by atoms with Gasteiger partial charge in [0.15, 0.2) is 0 Å². The van der Waals surface area contributed by atoms with Crippen molar-refractivity contribution in [2.45, 2.75) is 50.7 Å². The molecule has 2 heterocycles. The number of carbonyl (C=O) groups excluding carboxylic acids is 2. The molecule has 0 unspecified atom stereocenters. The molecule has 3 atom stereocenters. The highest BCUT2D eigenvalue weighted by Gasteiger charge is 2.46. The van der Waals surface area contributed by atoms with Gasteiger partial charge in [-0.15, -0.1) is 0 Å². The summed E-state index contributed by atoms with van der Waals surface area (Å²) >= 11 is 0. The van der Waals surface area contributed by atoms with E-state index in [1.54, 1.807) is 6.07 Å². The van der Waals surface area contributed by atoms with E-state index in [2.05, 4.69) is 4.90 Å². The third-order valence-electron chi connectivity index (χ3n) is 5.17. The van der Waals surface area contributed by atoms with Crippen LogP contribution >= 0.6 is 0 Å². The molecule has 0 bridgehead atoms. The summed E-state index contributed by atoms with van der Waals surface area (Å²) in [5, 5.41) is 0. The Hall–Kier alpha value is -1.82. The zero-order chi connectivity index (χ0) is 16.4. The first-order valence-electron chi connectivity index (χ1n) is 8.14. The fourth-order valence-corrected chi connectivity index (χ4v) is 4.07. The molecular weight excluding hydrogens is 298 g/mol. The zero-order valence-electron chi connectivity index (χ0n) is 13.6. The normalized spacial score (nSPS) is 27.5. The fraction of sp³-hybridized carbons (Fsp3) is 0.647. The molecule has 6 nitrogen and oxygen atoms in total. The maximum absolute atomic E-state index is 12.2. The van der Waals surface area contributed by atoms with Gasteiger partial charge in [0, 0.05) is 6.04 Å². The minimum atomic E-state index is -0.414. The lowest BCUT2D eigenvalue weighted by atomic mass is 9.85. The topological polar surface area (TPSA) is 69.0 Å². The number of ether oxygens (including phenoxy) is 2. The Balaban J connectivity index is 1.84. The van der Waals surface area contributed by atoms with Crippen molar-refractivity contribution in [1.29, 1.82) is 0 Å². The highest BCUT2D eigenvalue weighted by Crippen LogP contribution is 2.41. The summed E-state index contributed by atoms with van der Waals surface area (Å²) in [7, 11) is 2.78. The predicted molar refractivity (Wildman–Crippen MR) is 81.8 cm³/mol. The van der Waals surface area contributed by atoms with Crippen LogP contribution < -0.4 is 0 Å². The molecule has 0 radical (unpaired) electrons. The molecule has 0 aromatic carbocycles. The molecule has 0 spiro atoms. The molecule has 126 valence electrons. The van der Waals surface area contributed by atoms with Crippen LogP contribution in [0.2, 0.25) is 0 Å². The molecule has 1 aliphatic heterocycles. The minimum absolute atomic E-state index is 0.203. The number of likely N-dealkylation sites (tertiary alicyclic amines) is 1. The summed E-state index contributed by atoms with van der Waals surface area (Å²) in [6.45, 7) is 0.429. The van der Waals surface area contributed by atoms with Gasteiger partial charge in [0.1, 0.15) is 17.4 Å². The molecule has 1 saturated heterocycles. The van der Waals surface area contributed by atoms with Crippen LogP contribution in [0, 0.1) is 5.92 Å². The van der Waals surface area contributed by atoms with Crippen LogP contribution in [0.5, 0.6) is 0 Å². The van der Waals surface area contributed by atoms with E-state index in [0.29, 0.717) is 29.8 Å². The minimum Gasteiger partial charge on any atom is -0.468 e. The van der Waals surface area contributed by atoms with Gasteiger partial charge in [-0.25, -0.2) is 4.79 Å². The van der Waals surface area contributed by atoms with Crippen LogP contribution in [0.15, 0.2) is 16.7 Å². The SMILES string of the molecule is COC(=O)c1ccoc1CN1[C@@H]2CCCC[C@H]2C[C@H]1C(=O)OC.